The fourth-order valence-corrected chi connectivity index (χ4v) is 6.82. The van der Waals surface area contributed by atoms with Crippen molar-refractivity contribution in [1.29, 1.82) is 0 Å². The molecule has 0 saturated carbocycles. The van der Waals surface area contributed by atoms with Gasteiger partial charge < -0.3 is 4.90 Å². The zero-order valence-corrected chi connectivity index (χ0v) is 21.1. The summed E-state index contributed by atoms with van der Waals surface area (Å²) in [6, 6.07) is 10.9. The molecule has 2 saturated heterocycles. The van der Waals surface area contributed by atoms with Crippen LogP contribution in [-0.2, 0) is 27.7 Å². The molecule has 2 aromatic rings. The number of hydrogen-bond acceptors (Lipinski definition) is 4. The molecular formula is C26H32ClFN2O3S. The Balaban J connectivity index is 1.37. The van der Waals surface area contributed by atoms with E-state index in [1.807, 2.05) is 0 Å². The largest absolute Gasteiger partial charge is 0.302 e. The highest BCUT2D eigenvalue weighted by atomic mass is 35.5. The van der Waals surface area contributed by atoms with Gasteiger partial charge in [0.05, 0.1) is 9.92 Å². The van der Waals surface area contributed by atoms with Gasteiger partial charge in [0.15, 0.2) is 0 Å². The number of hydrogen-bond donors (Lipinski definition) is 0. The van der Waals surface area contributed by atoms with Crippen molar-refractivity contribution >= 4 is 27.4 Å². The van der Waals surface area contributed by atoms with Crippen LogP contribution in [0.15, 0.2) is 47.4 Å². The highest BCUT2D eigenvalue weighted by Gasteiger charge is 2.36. The van der Waals surface area contributed by atoms with Crippen LogP contribution in [0.2, 0.25) is 5.02 Å². The third-order valence-electron chi connectivity index (χ3n) is 6.98. The lowest BCUT2D eigenvalue weighted by Crippen LogP contribution is -2.45. The number of nitrogens with zero attached hydrogens (tertiary/aromatic N) is 2. The van der Waals surface area contributed by atoms with Crippen molar-refractivity contribution in [3.05, 3.63) is 64.4 Å². The number of piperidine rings is 1. The van der Waals surface area contributed by atoms with E-state index in [0.29, 0.717) is 12.1 Å². The third-order valence-corrected chi connectivity index (χ3v) is 9.24. The molecule has 0 aromatic heterocycles. The number of ketones is 1. The molecule has 0 aliphatic carbocycles. The molecular weight excluding hydrogens is 475 g/mol. The lowest BCUT2D eigenvalue weighted by molar-refractivity contribution is -0.117. The van der Waals surface area contributed by atoms with Crippen LogP contribution in [0.3, 0.4) is 0 Å². The minimum absolute atomic E-state index is 0.00470. The normalized spacial score (nSPS) is 20.6. The van der Waals surface area contributed by atoms with E-state index in [4.69, 9.17) is 11.6 Å². The van der Waals surface area contributed by atoms with Crippen molar-refractivity contribution in [2.75, 3.05) is 26.2 Å². The Hall–Kier alpha value is -1.80. The number of carbonyl (C=O) groups excluding carboxylic acids is 1. The lowest BCUT2D eigenvalue weighted by Gasteiger charge is -2.34. The minimum atomic E-state index is -3.58. The molecule has 2 aliphatic rings. The molecule has 0 N–H and O–H groups in total. The summed E-state index contributed by atoms with van der Waals surface area (Å²) in [5, 5.41) is -0.00470. The second-order valence-electron chi connectivity index (χ2n) is 9.68. The van der Waals surface area contributed by atoms with Gasteiger partial charge in [0, 0.05) is 32.0 Å². The van der Waals surface area contributed by atoms with Crippen LogP contribution in [-0.4, -0.2) is 55.6 Å². The maximum Gasteiger partial charge on any atom is 0.243 e. The van der Waals surface area contributed by atoms with Crippen LogP contribution in [0.1, 0.15) is 43.7 Å². The molecule has 4 rings (SSSR count). The zero-order valence-electron chi connectivity index (χ0n) is 19.6. The van der Waals surface area contributed by atoms with Crippen LogP contribution >= 0.6 is 11.6 Å². The Morgan fingerprint density at radius 1 is 1.00 bits per heavy atom. The number of likely N-dealkylation sites (tertiary alicyclic amines) is 1. The number of Topliss-reactive ketones (excluding diaryl/α,β-unsaturated/α-hetero) is 1. The zero-order chi connectivity index (χ0) is 24.3. The first-order valence-corrected chi connectivity index (χ1v) is 13.8. The molecule has 2 fully saturated rings. The molecule has 184 valence electrons. The monoisotopic (exact) mass is 506 g/mol. The maximum atomic E-state index is 13.4. The third kappa shape index (κ3) is 6.06. The maximum absolute atomic E-state index is 13.4. The Kier molecular flexibility index (Phi) is 8.08. The van der Waals surface area contributed by atoms with Gasteiger partial charge in [0.1, 0.15) is 11.6 Å². The highest BCUT2D eigenvalue weighted by Crippen LogP contribution is 2.28. The number of benzene rings is 2. The fourth-order valence-electron chi connectivity index (χ4n) is 4.93. The predicted octanol–water partition coefficient (Wildman–Crippen LogP) is 4.72. The molecule has 2 aromatic carbocycles. The van der Waals surface area contributed by atoms with Gasteiger partial charge in [-0.3, -0.25) is 4.79 Å². The summed E-state index contributed by atoms with van der Waals surface area (Å²) in [5.74, 6) is 0.188. The first kappa shape index (κ1) is 25.3. The van der Waals surface area contributed by atoms with Crippen molar-refractivity contribution in [2.45, 2.75) is 56.4 Å². The van der Waals surface area contributed by atoms with Crippen LogP contribution in [0, 0.1) is 11.7 Å². The van der Waals surface area contributed by atoms with Gasteiger partial charge in [-0.15, -0.1) is 0 Å². The van der Waals surface area contributed by atoms with Crippen molar-refractivity contribution in [1.82, 2.24) is 9.21 Å². The molecule has 0 amide bonds. The van der Waals surface area contributed by atoms with E-state index in [1.54, 1.807) is 34.6 Å². The quantitative estimate of drug-likeness (QED) is 0.520. The summed E-state index contributed by atoms with van der Waals surface area (Å²) in [6.45, 7) is 5.71. The molecule has 0 unspecified atom stereocenters. The van der Waals surface area contributed by atoms with E-state index < -0.39 is 15.8 Å². The van der Waals surface area contributed by atoms with Gasteiger partial charge in [-0.25, -0.2) is 12.8 Å². The molecule has 0 spiro atoms. The second kappa shape index (κ2) is 10.9. The van der Waals surface area contributed by atoms with Crippen molar-refractivity contribution in [3.63, 3.8) is 0 Å². The first-order chi connectivity index (χ1) is 16.2. The summed E-state index contributed by atoms with van der Waals surface area (Å²) in [6.07, 6.45) is 4.45. The first-order valence-electron chi connectivity index (χ1n) is 12.0. The van der Waals surface area contributed by atoms with Gasteiger partial charge in [0.25, 0.3) is 0 Å². The number of carbonyl (C=O) groups is 1. The topological polar surface area (TPSA) is 57.7 Å². The van der Waals surface area contributed by atoms with Crippen LogP contribution in [0.25, 0.3) is 0 Å². The Morgan fingerprint density at radius 3 is 2.32 bits per heavy atom. The van der Waals surface area contributed by atoms with Crippen molar-refractivity contribution in [2.24, 2.45) is 5.92 Å². The minimum Gasteiger partial charge on any atom is -0.302 e. The second-order valence-corrected chi connectivity index (χ2v) is 12.0. The van der Waals surface area contributed by atoms with Crippen LogP contribution < -0.4 is 0 Å². The summed E-state index contributed by atoms with van der Waals surface area (Å²) in [7, 11) is -3.58. The number of rotatable bonds is 8. The van der Waals surface area contributed by atoms with Gasteiger partial charge in [-0.2, -0.15) is 4.31 Å². The molecule has 5 nitrogen and oxygen atoms in total. The van der Waals surface area contributed by atoms with E-state index in [0.717, 1.165) is 44.0 Å². The van der Waals surface area contributed by atoms with E-state index in [2.05, 4.69) is 11.8 Å². The summed E-state index contributed by atoms with van der Waals surface area (Å²) >= 11 is 5.79. The summed E-state index contributed by atoms with van der Waals surface area (Å²) in [4.78, 5) is 15.1. The Labute approximate surface area is 206 Å². The van der Waals surface area contributed by atoms with Gasteiger partial charge in [-0.05, 0) is 80.1 Å². The fraction of sp³-hybridized carbons (Fsp3) is 0.500. The van der Waals surface area contributed by atoms with Gasteiger partial charge >= 0.3 is 0 Å². The Bertz CT molecular complexity index is 1120. The molecule has 0 bridgehead atoms. The van der Waals surface area contributed by atoms with Crippen molar-refractivity contribution < 1.29 is 17.6 Å². The molecule has 0 radical (unpaired) electrons. The van der Waals surface area contributed by atoms with E-state index in [1.165, 1.54) is 25.0 Å². The lowest BCUT2D eigenvalue weighted by atomic mass is 9.99. The van der Waals surface area contributed by atoms with Gasteiger partial charge in [0.2, 0.25) is 10.0 Å². The van der Waals surface area contributed by atoms with E-state index >= 15 is 0 Å². The molecule has 34 heavy (non-hydrogen) atoms. The summed E-state index contributed by atoms with van der Waals surface area (Å²) < 4.78 is 41.7. The molecule has 2 aliphatic heterocycles. The molecule has 8 heteroatoms. The number of halogens is 2. The highest BCUT2D eigenvalue weighted by molar-refractivity contribution is 7.89. The molecule has 1 atom stereocenters. The van der Waals surface area contributed by atoms with Crippen LogP contribution in [0.5, 0.6) is 0 Å². The van der Waals surface area contributed by atoms with Crippen molar-refractivity contribution in [3.8, 4) is 0 Å². The predicted molar refractivity (Wildman–Crippen MR) is 132 cm³/mol. The smallest absolute Gasteiger partial charge is 0.243 e. The summed E-state index contributed by atoms with van der Waals surface area (Å²) in [5.41, 5.74) is 1.40. The van der Waals surface area contributed by atoms with E-state index in [9.17, 15) is 17.6 Å². The van der Waals surface area contributed by atoms with Crippen LogP contribution in [0.4, 0.5) is 4.39 Å². The van der Waals surface area contributed by atoms with Gasteiger partial charge in [-0.1, -0.05) is 36.7 Å². The molecule has 2 heterocycles. The Morgan fingerprint density at radius 2 is 1.65 bits per heavy atom. The standard InChI is InChI=1S/C26H32ClFN2O3S/c1-19-10-13-29(14-11-19)18-22-3-2-12-30(22)34(32,33)24-7-4-20(5-8-24)15-23(31)16-21-6-9-26(28)25(27)17-21/h4-9,17,19,22H,2-3,10-16,18H2,1H3/t22-/m0/s1. The SMILES string of the molecule is CC1CCN(C[C@@H]2CCCN2S(=O)(=O)c2ccc(CC(=O)Cc3ccc(F)c(Cl)c3)cc2)CC1. The average molecular weight is 507 g/mol. The average Bonchev–Trinajstić information content (AvgIpc) is 3.27. The van der Waals surface area contributed by atoms with E-state index in [-0.39, 0.29) is 34.6 Å². The number of sulfonamides is 1.